The van der Waals surface area contributed by atoms with Crippen molar-refractivity contribution in [3.8, 4) is 0 Å². The maximum Gasteiger partial charge on any atom is 0.323 e. The van der Waals surface area contributed by atoms with Crippen molar-refractivity contribution in [2.24, 2.45) is 5.92 Å². The Labute approximate surface area is 126 Å². The summed E-state index contributed by atoms with van der Waals surface area (Å²) in [5.74, 6) is -0.243. The number of likely N-dealkylation sites (tertiary alicyclic amines) is 1. The quantitative estimate of drug-likeness (QED) is 0.870. The summed E-state index contributed by atoms with van der Waals surface area (Å²) in [5, 5.41) is 9.16. The maximum absolute atomic E-state index is 12.9. The lowest BCUT2D eigenvalue weighted by molar-refractivity contribution is -0.138. The molecule has 3 rings (SSSR count). The van der Waals surface area contributed by atoms with Crippen molar-refractivity contribution >= 4 is 12.0 Å². The van der Waals surface area contributed by atoms with E-state index in [1.165, 1.54) is 19.3 Å². The third-order valence-corrected chi connectivity index (χ3v) is 5.57. The lowest BCUT2D eigenvalue weighted by atomic mass is 9.85. The first-order chi connectivity index (χ1) is 10.2. The molecule has 1 aliphatic heterocycles. The van der Waals surface area contributed by atoms with Gasteiger partial charge in [0, 0.05) is 18.6 Å². The van der Waals surface area contributed by atoms with E-state index in [0.717, 1.165) is 45.1 Å². The summed E-state index contributed by atoms with van der Waals surface area (Å²) in [4.78, 5) is 27.7. The van der Waals surface area contributed by atoms with Crippen molar-refractivity contribution in [2.75, 3.05) is 13.1 Å². The van der Waals surface area contributed by atoms with Crippen LogP contribution in [0, 0.1) is 5.92 Å². The van der Waals surface area contributed by atoms with Crippen molar-refractivity contribution in [1.29, 1.82) is 0 Å². The minimum atomic E-state index is -0.894. The molecule has 2 unspecified atom stereocenters. The molecule has 0 aromatic heterocycles. The van der Waals surface area contributed by atoms with Crippen molar-refractivity contribution in [3.05, 3.63) is 0 Å². The number of carboxylic acid groups (broad SMARTS) is 1. The van der Waals surface area contributed by atoms with Crippen LogP contribution in [0.15, 0.2) is 0 Å². The monoisotopic (exact) mass is 294 g/mol. The summed E-state index contributed by atoms with van der Waals surface area (Å²) in [6.07, 6.45) is 10.1. The molecule has 5 heteroatoms. The Kier molecular flexibility index (Phi) is 4.36. The summed E-state index contributed by atoms with van der Waals surface area (Å²) in [5.41, 5.74) is 0. The fourth-order valence-corrected chi connectivity index (χ4v) is 4.52. The zero-order valence-electron chi connectivity index (χ0n) is 12.7. The number of amides is 2. The van der Waals surface area contributed by atoms with Gasteiger partial charge < -0.3 is 14.9 Å². The summed E-state index contributed by atoms with van der Waals surface area (Å²) in [7, 11) is 0. The molecule has 2 amide bonds. The van der Waals surface area contributed by atoms with E-state index in [4.69, 9.17) is 5.11 Å². The number of hydrogen-bond donors (Lipinski definition) is 1. The Morgan fingerprint density at radius 2 is 1.67 bits per heavy atom. The van der Waals surface area contributed by atoms with Gasteiger partial charge in [0.1, 0.15) is 6.54 Å². The lowest BCUT2D eigenvalue weighted by Crippen LogP contribution is -2.51. The highest BCUT2D eigenvalue weighted by atomic mass is 16.4. The SMILES string of the molecule is O=C(O)CN(C(=O)N1CCC2CCCCC21)C1CCCC1. The number of aliphatic carboxylic acids is 1. The maximum atomic E-state index is 12.9. The fraction of sp³-hybridized carbons (Fsp3) is 0.875. The number of carbonyl (C=O) groups excluding carboxylic acids is 1. The van der Waals surface area contributed by atoms with Gasteiger partial charge in [-0.05, 0) is 38.0 Å². The summed E-state index contributed by atoms with van der Waals surface area (Å²) >= 11 is 0. The second kappa shape index (κ2) is 6.24. The predicted octanol–water partition coefficient (Wildman–Crippen LogP) is 2.70. The van der Waals surface area contributed by atoms with Crippen LogP contribution in [0.2, 0.25) is 0 Å². The second-order valence-corrected chi connectivity index (χ2v) is 6.84. The number of carbonyl (C=O) groups is 2. The van der Waals surface area contributed by atoms with Crippen LogP contribution < -0.4 is 0 Å². The highest BCUT2D eigenvalue weighted by Crippen LogP contribution is 2.37. The summed E-state index contributed by atoms with van der Waals surface area (Å²) < 4.78 is 0. The van der Waals surface area contributed by atoms with Crippen molar-refractivity contribution < 1.29 is 14.7 Å². The minimum absolute atomic E-state index is 0.0151. The van der Waals surface area contributed by atoms with Gasteiger partial charge in [0.2, 0.25) is 0 Å². The smallest absolute Gasteiger partial charge is 0.323 e. The Morgan fingerprint density at radius 3 is 2.38 bits per heavy atom. The average molecular weight is 294 g/mol. The van der Waals surface area contributed by atoms with Gasteiger partial charge in [0.25, 0.3) is 0 Å². The largest absolute Gasteiger partial charge is 0.480 e. The zero-order valence-corrected chi connectivity index (χ0v) is 12.7. The second-order valence-electron chi connectivity index (χ2n) is 6.84. The molecule has 0 bridgehead atoms. The van der Waals surface area contributed by atoms with Gasteiger partial charge in [0.05, 0.1) is 0 Å². The molecule has 3 fully saturated rings. The fourth-order valence-electron chi connectivity index (χ4n) is 4.52. The third kappa shape index (κ3) is 3.01. The summed E-state index contributed by atoms with van der Waals surface area (Å²) in [6, 6.07) is 0.485. The average Bonchev–Trinajstić information content (AvgIpc) is 3.13. The molecule has 0 spiro atoms. The topological polar surface area (TPSA) is 60.9 Å². The van der Waals surface area contributed by atoms with E-state index in [9.17, 15) is 9.59 Å². The molecule has 1 saturated heterocycles. The first-order valence-corrected chi connectivity index (χ1v) is 8.46. The number of hydrogen-bond acceptors (Lipinski definition) is 2. The van der Waals surface area contributed by atoms with Gasteiger partial charge in [-0.15, -0.1) is 0 Å². The van der Waals surface area contributed by atoms with Gasteiger partial charge in [-0.1, -0.05) is 25.7 Å². The predicted molar refractivity (Wildman–Crippen MR) is 79.1 cm³/mol. The number of urea groups is 1. The standard InChI is InChI=1S/C16H26N2O3/c19-15(20)11-18(13-6-2-3-7-13)16(21)17-10-9-12-5-1-4-8-14(12)17/h12-14H,1-11H2,(H,19,20). The molecule has 1 N–H and O–H groups in total. The Bertz CT molecular complexity index is 406. The van der Waals surface area contributed by atoms with Crippen LogP contribution in [-0.4, -0.2) is 52.1 Å². The summed E-state index contributed by atoms with van der Waals surface area (Å²) in [6.45, 7) is 0.675. The Hall–Kier alpha value is -1.26. The molecule has 2 atom stereocenters. The van der Waals surface area contributed by atoms with E-state index in [-0.39, 0.29) is 18.6 Å². The van der Waals surface area contributed by atoms with Crippen LogP contribution >= 0.6 is 0 Å². The van der Waals surface area contributed by atoms with Crippen molar-refractivity contribution in [2.45, 2.75) is 69.9 Å². The van der Waals surface area contributed by atoms with Crippen LogP contribution in [0.1, 0.15) is 57.8 Å². The molecule has 1 heterocycles. The van der Waals surface area contributed by atoms with E-state index in [1.807, 2.05) is 4.90 Å². The zero-order chi connectivity index (χ0) is 14.8. The molecule has 3 aliphatic rings. The molecule has 2 saturated carbocycles. The van der Waals surface area contributed by atoms with Crippen LogP contribution in [0.25, 0.3) is 0 Å². The number of rotatable bonds is 3. The molecule has 21 heavy (non-hydrogen) atoms. The molecule has 118 valence electrons. The van der Waals surface area contributed by atoms with Gasteiger partial charge in [0.15, 0.2) is 0 Å². The molecule has 0 aromatic rings. The number of fused-ring (bicyclic) bond motifs is 1. The minimum Gasteiger partial charge on any atom is -0.480 e. The first-order valence-electron chi connectivity index (χ1n) is 8.46. The van der Waals surface area contributed by atoms with Gasteiger partial charge in [-0.25, -0.2) is 4.79 Å². The van der Waals surface area contributed by atoms with Crippen molar-refractivity contribution in [1.82, 2.24) is 9.80 Å². The Balaban J connectivity index is 1.72. The first kappa shape index (κ1) is 14.7. The van der Waals surface area contributed by atoms with Crippen LogP contribution in [0.5, 0.6) is 0 Å². The molecular formula is C16H26N2O3. The molecule has 0 radical (unpaired) electrons. The normalized spacial score (nSPS) is 29.4. The van der Waals surface area contributed by atoms with Gasteiger partial charge in [-0.3, -0.25) is 4.79 Å². The highest BCUT2D eigenvalue weighted by Gasteiger charge is 2.41. The third-order valence-electron chi connectivity index (χ3n) is 5.57. The van der Waals surface area contributed by atoms with Crippen LogP contribution in [0.4, 0.5) is 4.79 Å². The van der Waals surface area contributed by atoms with Gasteiger partial charge >= 0.3 is 12.0 Å². The molecule has 2 aliphatic carbocycles. The van der Waals surface area contributed by atoms with E-state index < -0.39 is 5.97 Å². The highest BCUT2D eigenvalue weighted by molar-refractivity contribution is 5.81. The van der Waals surface area contributed by atoms with E-state index in [0.29, 0.717) is 12.0 Å². The van der Waals surface area contributed by atoms with Crippen molar-refractivity contribution in [3.63, 3.8) is 0 Å². The molecule has 5 nitrogen and oxygen atoms in total. The van der Waals surface area contributed by atoms with E-state index >= 15 is 0 Å². The Morgan fingerprint density at radius 1 is 1.00 bits per heavy atom. The molecule has 0 aromatic carbocycles. The van der Waals surface area contributed by atoms with Crippen LogP contribution in [0.3, 0.4) is 0 Å². The lowest BCUT2D eigenvalue weighted by Gasteiger charge is -2.37. The van der Waals surface area contributed by atoms with Crippen LogP contribution in [-0.2, 0) is 4.79 Å². The number of carboxylic acids is 1. The number of nitrogens with zero attached hydrogens (tertiary/aromatic N) is 2. The van der Waals surface area contributed by atoms with Gasteiger partial charge in [-0.2, -0.15) is 0 Å². The van der Waals surface area contributed by atoms with E-state index in [1.54, 1.807) is 4.90 Å². The molecular weight excluding hydrogens is 268 g/mol. The van der Waals surface area contributed by atoms with E-state index in [2.05, 4.69) is 0 Å².